The minimum atomic E-state index is -2.99. The summed E-state index contributed by atoms with van der Waals surface area (Å²) < 4.78 is 29.9. The SMILES string of the molecule is Nc1cc(CO[PH](=O)O)cc(CO[PH](=O)O)c1. The van der Waals surface area contributed by atoms with E-state index in [-0.39, 0.29) is 13.2 Å². The Bertz CT molecular complexity index is 402. The second kappa shape index (κ2) is 6.91. The molecule has 0 aliphatic rings. The number of nitrogen functional groups attached to an aromatic ring is 1. The first-order chi connectivity index (χ1) is 7.97. The predicted molar refractivity (Wildman–Crippen MR) is 62.9 cm³/mol. The van der Waals surface area contributed by atoms with E-state index in [1.165, 1.54) is 0 Å². The number of benzene rings is 1. The molecular formula is C8H13NO6P2. The van der Waals surface area contributed by atoms with Crippen LogP contribution >= 0.6 is 16.5 Å². The Balaban J connectivity index is 2.71. The molecule has 0 heterocycles. The summed E-state index contributed by atoms with van der Waals surface area (Å²) in [4.78, 5) is 17.1. The van der Waals surface area contributed by atoms with E-state index in [2.05, 4.69) is 9.05 Å². The molecule has 0 radical (unpaired) electrons. The van der Waals surface area contributed by atoms with Gasteiger partial charge in [0, 0.05) is 5.69 Å². The molecule has 0 aromatic heterocycles. The highest BCUT2D eigenvalue weighted by atomic mass is 31.1. The van der Waals surface area contributed by atoms with Gasteiger partial charge in [-0.1, -0.05) is 6.07 Å². The molecule has 4 N–H and O–H groups in total. The van der Waals surface area contributed by atoms with E-state index in [1.807, 2.05) is 0 Å². The average Bonchev–Trinajstić information content (AvgIpc) is 2.23. The Hall–Kier alpha value is -0.680. The van der Waals surface area contributed by atoms with Crippen molar-refractivity contribution in [2.75, 3.05) is 5.73 Å². The lowest BCUT2D eigenvalue weighted by Gasteiger charge is -2.07. The molecule has 9 heteroatoms. The topological polar surface area (TPSA) is 119 Å². The largest absolute Gasteiger partial charge is 0.399 e. The minimum absolute atomic E-state index is 0.0549. The molecule has 0 aliphatic heterocycles. The predicted octanol–water partition coefficient (Wildman–Crippen LogP) is 1.07. The van der Waals surface area contributed by atoms with Crippen LogP contribution < -0.4 is 5.73 Å². The average molecular weight is 281 g/mol. The first-order valence-corrected chi connectivity index (χ1v) is 7.10. The van der Waals surface area contributed by atoms with Crippen molar-refractivity contribution in [1.29, 1.82) is 0 Å². The molecule has 0 fully saturated rings. The van der Waals surface area contributed by atoms with E-state index >= 15 is 0 Å². The lowest BCUT2D eigenvalue weighted by Crippen LogP contribution is -1.95. The summed E-state index contributed by atoms with van der Waals surface area (Å²) in [5.41, 5.74) is 7.20. The van der Waals surface area contributed by atoms with Gasteiger partial charge in [0.1, 0.15) is 0 Å². The fraction of sp³-hybridized carbons (Fsp3) is 0.250. The summed E-state index contributed by atoms with van der Waals surface area (Å²) in [6, 6.07) is 4.78. The molecule has 1 rings (SSSR count). The lowest BCUT2D eigenvalue weighted by molar-refractivity contribution is 0.268. The molecule has 1 aromatic rings. The molecule has 2 unspecified atom stereocenters. The summed E-state index contributed by atoms with van der Waals surface area (Å²) in [6.45, 7) is -0.110. The van der Waals surface area contributed by atoms with Gasteiger partial charge >= 0.3 is 16.5 Å². The zero-order valence-corrected chi connectivity index (χ0v) is 10.8. The van der Waals surface area contributed by atoms with Crippen LogP contribution in [-0.2, 0) is 31.4 Å². The van der Waals surface area contributed by atoms with Crippen LogP contribution in [0, 0.1) is 0 Å². The molecule has 2 atom stereocenters. The van der Waals surface area contributed by atoms with Crippen LogP contribution in [0.1, 0.15) is 11.1 Å². The highest BCUT2D eigenvalue weighted by Gasteiger charge is 2.03. The highest BCUT2D eigenvalue weighted by molar-refractivity contribution is 7.32. The summed E-state index contributed by atoms with van der Waals surface area (Å²) in [7, 11) is -5.98. The van der Waals surface area contributed by atoms with Gasteiger partial charge in [0.15, 0.2) is 0 Å². The van der Waals surface area contributed by atoms with E-state index in [9.17, 15) is 9.13 Å². The van der Waals surface area contributed by atoms with Crippen molar-refractivity contribution in [3.05, 3.63) is 29.3 Å². The third-order valence-electron chi connectivity index (χ3n) is 1.80. The Labute approximate surface area is 99.1 Å². The Kier molecular flexibility index (Phi) is 5.85. The molecule has 7 nitrogen and oxygen atoms in total. The zero-order valence-electron chi connectivity index (χ0n) is 8.75. The fourth-order valence-corrected chi connectivity index (χ4v) is 1.83. The van der Waals surface area contributed by atoms with Crippen LogP contribution in [0.5, 0.6) is 0 Å². The van der Waals surface area contributed by atoms with E-state index < -0.39 is 16.5 Å². The molecule has 0 amide bonds. The van der Waals surface area contributed by atoms with Gasteiger partial charge in [-0.2, -0.15) is 0 Å². The monoisotopic (exact) mass is 281 g/mol. The zero-order chi connectivity index (χ0) is 12.8. The molecule has 96 valence electrons. The maximum atomic E-state index is 10.4. The van der Waals surface area contributed by atoms with Crippen molar-refractivity contribution in [2.45, 2.75) is 13.2 Å². The Morgan fingerprint density at radius 3 is 1.76 bits per heavy atom. The maximum Gasteiger partial charge on any atom is 0.316 e. The fourth-order valence-electron chi connectivity index (χ4n) is 1.25. The maximum absolute atomic E-state index is 10.4. The second-order valence-electron chi connectivity index (χ2n) is 3.19. The Morgan fingerprint density at radius 2 is 1.41 bits per heavy atom. The van der Waals surface area contributed by atoms with E-state index in [0.717, 1.165) is 0 Å². The summed E-state index contributed by atoms with van der Waals surface area (Å²) >= 11 is 0. The van der Waals surface area contributed by atoms with E-state index in [1.54, 1.807) is 18.2 Å². The summed E-state index contributed by atoms with van der Waals surface area (Å²) in [6.07, 6.45) is 0. The van der Waals surface area contributed by atoms with Crippen molar-refractivity contribution in [1.82, 2.24) is 0 Å². The van der Waals surface area contributed by atoms with Gasteiger partial charge < -0.3 is 24.6 Å². The number of rotatable bonds is 6. The quantitative estimate of drug-likeness (QED) is 0.527. The molecule has 0 aliphatic carbocycles. The third kappa shape index (κ3) is 5.98. The number of hydrogen-bond donors (Lipinski definition) is 3. The van der Waals surface area contributed by atoms with Crippen molar-refractivity contribution in [3.8, 4) is 0 Å². The van der Waals surface area contributed by atoms with Crippen LogP contribution in [0.25, 0.3) is 0 Å². The van der Waals surface area contributed by atoms with Crippen molar-refractivity contribution in [2.24, 2.45) is 0 Å². The third-order valence-corrected chi connectivity index (χ3v) is 2.58. The van der Waals surface area contributed by atoms with E-state index in [4.69, 9.17) is 15.5 Å². The summed E-state index contributed by atoms with van der Waals surface area (Å²) in [5, 5.41) is 0. The lowest BCUT2D eigenvalue weighted by atomic mass is 10.1. The van der Waals surface area contributed by atoms with Crippen LogP contribution in [-0.4, -0.2) is 9.79 Å². The molecule has 1 aromatic carbocycles. The second-order valence-corrected chi connectivity index (χ2v) is 4.83. The first-order valence-electron chi connectivity index (χ1n) is 4.57. The van der Waals surface area contributed by atoms with Crippen molar-refractivity contribution in [3.63, 3.8) is 0 Å². The van der Waals surface area contributed by atoms with Crippen molar-refractivity contribution < 1.29 is 28.0 Å². The van der Waals surface area contributed by atoms with Gasteiger partial charge in [0.2, 0.25) is 0 Å². The molecule has 17 heavy (non-hydrogen) atoms. The van der Waals surface area contributed by atoms with Crippen LogP contribution in [0.4, 0.5) is 5.69 Å². The molecule has 0 bridgehead atoms. The van der Waals surface area contributed by atoms with E-state index in [0.29, 0.717) is 16.8 Å². The van der Waals surface area contributed by atoms with Gasteiger partial charge in [-0.3, -0.25) is 9.13 Å². The normalized spacial score (nSPS) is 14.5. The van der Waals surface area contributed by atoms with Crippen LogP contribution in [0.15, 0.2) is 18.2 Å². The highest BCUT2D eigenvalue weighted by Crippen LogP contribution is 2.23. The number of anilines is 1. The Morgan fingerprint density at radius 1 is 1.00 bits per heavy atom. The van der Waals surface area contributed by atoms with Gasteiger partial charge in [0.25, 0.3) is 0 Å². The molecule has 0 saturated carbocycles. The van der Waals surface area contributed by atoms with Crippen LogP contribution in [0.3, 0.4) is 0 Å². The van der Waals surface area contributed by atoms with Gasteiger partial charge in [-0.15, -0.1) is 0 Å². The van der Waals surface area contributed by atoms with Gasteiger partial charge in [-0.05, 0) is 23.3 Å². The molecular weight excluding hydrogens is 268 g/mol. The van der Waals surface area contributed by atoms with Gasteiger partial charge in [0.05, 0.1) is 13.2 Å². The van der Waals surface area contributed by atoms with Crippen LogP contribution in [0.2, 0.25) is 0 Å². The number of nitrogens with two attached hydrogens (primary N) is 1. The summed E-state index contributed by atoms with van der Waals surface area (Å²) in [5.74, 6) is 0. The number of hydrogen-bond acceptors (Lipinski definition) is 5. The molecule has 0 spiro atoms. The standard InChI is InChI=1S/C8H13NO6P2/c9-8-2-6(4-14-16(10)11)1-7(3-8)5-15-17(12)13/h1-3,16-17H,4-5,9H2,(H,10,11)(H,12,13). The smallest absolute Gasteiger partial charge is 0.316 e. The van der Waals surface area contributed by atoms with Gasteiger partial charge in [-0.25, -0.2) is 0 Å². The first kappa shape index (κ1) is 14.4. The molecule has 0 saturated heterocycles. The van der Waals surface area contributed by atoms with Crippen molar-refractivity contribution >= 4 is 22.2 Å². The minimum Gasteiger partial charge on any atom is -0.399 e.